The van der Waals surface area contributed by atoms with Gasteiger partial charge in [-0.1, -0.05) is 26.7 Å². The third-order valence-corrected chi connectivity index (χ3v) is 8.15. The Hall–Kier alpha value is -2.82. The second-order valence-electron chi connectivity index (χ2n) is 9.72. The van der Waals surface area contributed by atoms with Gasteiger partial charge in [0.2, 0.25) is 5.91 Å². The van der Waals surface area contributed by atoms with E-state index in [1.54, 1.807) is 53.6 Å². The molecular weight excluding hydrogens is 460 g/mol. The van der Waals surface area contributed by atoms with Gasteiger partial charge in [0.1, 0.15) is 11.5 Å². The van der Waals surface area contributed by atoms with E-state index in [0.29, 0.717) is 59.4 Å². The molecule has 1 aliphatic heterocycles. The number of carbonyl (C=O) groups excluding carboxylic acids is 1. The summed E-state index contributed by atoms with van der Waals surface area (Å²) >= 11 is 0. The summed E-state index contributed by atoms with van der Waals surface area (Å²) in [6, 6.07) is 14.1. The lowest BCUT2D eigenvalue weighted by Crippen LogP contribution is -2.47. The molecule has 1 N–H and O–H groups in total. The van der Waals surface area contributed by atoms with Crippen molar-refractivity contribution in [3.63, 3.8) is 0 Å². The van der Waals surface area contributed by atoms with Crippen molar-refractivity contribution in [3.8, 4) is 17.6 Å². The maximum Gasteiger partial charge on any atom is 0.226 e. The predicted octanol–water partition coefficient (Wildman–Crippen LogP) is 4.78. The van der Waals surface area contributed by atoms with Crippen molar-refractivity contribution in [2.24, 2.45) is 5.92 Å². The van der Waals surface area contributed by atoms with Gasteiger partial charge in [-0.15, -0.1) is 0 Å². The zero-order chi connectivity index (χ0) is 25.6. The second-order valence-corrected chi connectivity index (χ2v) is 12.2. The molecule has 1 unspecified atom stereocenters. The fourth-order valence-electron chi connectivity index (χ4n) is 4.60. The van der Waals surface area contributed by atoms with Crippen molar-refractivity contribution in [2.75, 3.05) is 19.3 Å². The number of hydrogen-bond acceptors (Lipinski definition) is 5. The standard InChI is InChI=1S/C28H36N2O4S/c1-5-21(6-2)19-28(32)11-13-30(14-12-28)27(31)18-22-15-23(20-29)17-25(16-22)34-24-7-9-26(10-8-24)35(3,4)33/h7-10,15-17,21,32H,3,5-6,11-14,18-19H2,1-2,4H3. The summed E-state index contributed by atoms with van der Waals surface area (Å²) in [6.45, 7) is 5.39. The summed E-state index contributed by atoms with van der Waals surface area (Å²) in [5, 5.41) is 20.5. The fraction of sp³-hybridized carbons (Fsp3) is 0.464. The molecule has 1 saturated heterocycles. The predicted molar refractivity (Wildman–Crippen MR) is 140 cm³/mol. The number of benzene rings is 2. The number of carbonyl (C=O) groups is 1. The molecule has 0 radical (unpaired) electrons. The Kier molecular flexibility index (Phi) is 8.63. The molecule has 2 aromatic carbocycles. The van der Waals surface area contributed by atoms with Gasteiger partial charge in [0, 0.05) is 24.2 Å². The molecule has 188 valence electrons. The monoisotopic (exact) mass is 496 g/mol. The first-order valence-electron chi connectivity index (χ1n) is 12.2. The molecule has 1 fully saturated rings. The summed E-state index contributed by atoms with van der Waals surface area (Å²) in [6.07, 6.45) is 5.83. The van der Waals surface area contributed by atoms with E-state index >= 15 is 0 Å². The maximum atomic E-state index is 13.0. The lowest BCUT2D eigenvalue weighted by molar-refractivity contribution is -0.135. The molecule has 1 atom stereocenters. The van der Waals surface area contributed by atoms with Crippen molar-refractivity contribution in [2.45, 2.75) is 62.9 Å². The topological polar surface area (TPSA) is 90.6 Å². The van der Waals surface area contributed by atoms with Crippen molar-refractivity contribution in [3.05, 3.63) is 53.6 Å². The van der Waals surface area contributed by atoms with Gasteiger partial charge >= 0.3 is 0 Å². The van der Waals surface area contributed by atoms with Gasteiger partial charge in [-0.25, -0.2) is 0 Å². The van der Waals surface area contributed by atoms with Crippen LogP contribution in [0.3, 0.4) is 0 Å². The minimum Gasteiger partial charge on any atom is -0.457 e. The number of aliphatic hydroxyl groups is 1. The van der Waals surface area contributed by atoms with Crippen molar-refractivity contribution in [1.82, 2.24) is 4.90 Å². The summed E-state index contributed by atoms with van der Waals surface area (Å²) in [5.41, 5.74) is 0.422. The van der Waals surface area contributed by atoms with Gasteiger partial charge in [-0.2, -0.15) is 5.26 Å². The number of amides is 1. The van der Waals surface area contributed by atoms with Crippen LogP contribution in [-0.4, -0.2) is 50.9 Å². The first-order valence-corrected chi connectivity index (χ1v) is 14.3. The van der Waals surface area contributed by atoms with Crippen LogP contribution in [0, 0.1) is 17.2 Å². The van der Waals surface area contributed by atoms with Gasteiger partial charge in [-0.05, 0) is 88.6 Å². The Balaban J connectivity index is 1.66. The summed E-state index contributed by atoms with van der Waals surface area (Å²) in [5.74, 6) is 5.18. The van der Waals surface area contributed by atoms with Crippen LogP contribution in [0.15, 0.2) is 47.4 Å². The quantitative estimate of drug-likeness (QED) is 0.505. The van der Waals surface area contributed by atoms with Gasteiger partial charge in [-0.3, -0.25) is 9.00 Å². The molecule has 1 amide bonds. The molecule has 3 rings (SSSR count). The first-order chi connectivity index (χ1) is 16.5. The van der Waals surface area contributed by atoms with Crippen LogP contribution in [-0.2, 0) is 20.7 Å². The molecule has 0 spiro atoms. The Morgan fingerprint density at radius 2 is 1.80 bits per heavy atom. The number of nitrogens with zero attached hydrogens (tertiary/aromatic N) is 2. The number of likely N-dealkylation sites (tertiary alicyclic amines) is 1. The van der Waals surface area contributed by atoms with Gasteiger partial charge in [0.25, 0.3) is 0 Å². The van der Waals surface area contributed by atoms with Crippen LogP contribution in [0.1, 0.15) is 57.1 Å². The van der Waals surface area contributed by atoms with E-state index in [4.69, 9.17) is 4.74 Å². The molecule has 7 heteroatoms. The largest absolute Gasteiger partial charge is 0.457 e. The van der Waals surface area contributed by atoms with Gasteiger partial charge in [0.15, 0.2) is 0 Å². The maximum absolute atomic E-state index is 13.0. The van der Waals surface area contributed by atoms with Crippen molar-refractivity contribution < 1.29 is 18.8 Å². The van der Waals surface area contributed by atoms with Crippen LogP contribution < -0.4 is 4.74 Å². The van der Waals surface area contributed by atoms with Crippen molar-refractivity contribution >= 4 is 21.3 Å². The van der Waals surface area contributed by atoms with E-state index in [0.717, 1.165) is 19.3 Å². The highest BCUT2D eigenvalue weighted by Crippen LogP contribution is 2.32. The summed E-state index contributed by atoms with van der Waals surface area (Å²) in [7, 11) is -2.31. The first kappa shape index (κ1) is 26.8. The van der Waals surface area contributed by atoms with Crippen LogP contribution in [0.5, 0.6) is 11.5 Å². The van der Waals surface area contributed by atoms with E-state index in [-0.39, 0.29) is 12.3 Å². The number of hydrogen-bond donors (Lipinski definition) is 1. The van der Waals surface area contributed by atoms with Crippen LogP contribution >= 0.6 is 0 Å². The van der Waals surface area contributed by atoms with Crippen LogP contribution in [0.4, 0.5) is 0 Å². The lowest BCUT2D eigenvalue weighted by Gasteiger charge is -2.40. The summed E-state index contributed by atoms with van der Waals surface area (Å²) in [4.78, 5) is 15.4. The fourth-order valence-corrected chi connectivity index (χ4v) is 5.31. The average Bonchev–Trinajstić information content (AvgIpc) is 2.82. The molecular formula is C28H36N2O4S. The van der Waals surface area contributed by atoms with E-state index in [2.05, 4.69) is 25.8 Å². The van der Waals surface area contributed by atoms with E-state index in [1.165, 1.54) is 0 Å². The zero-order valence-electron chi connectivity index (χ0n) is 21.0. The van der Waals surface area contributed by atoms with E-state index < -0.39 is 15.1 Å². The molecule has 35 heavy (non-hydrogen) atoms. The molecule has 6 nitrogen and oxygen atoms in total. The van der Waals surface area contributed by atoms with E-state index in [9.17, 15) is 19.4 Å². The Morgan fingerprint density at radius 1 is 1.17 bits per heavy atom. The van der Waals surface area contributed by atoms with Crippen LogP contribution in [0.25, 0.3) is 0 Å². The normalized spacial score (nSPS) is 17.0. The second kappa shape index (κ2) is 11.3. The third-order valence-electron chi connectivity index (χ3n) is 6.88. The Morgan fingerprint density at radius 3 is 2.34 bits per heavy atom. The summed E-state index contributed by atoms with van der Waals surface area (Å²) < 4.78 is 18.0. The zero-order valence-corrected chi connectivity index (χ0v) is 21.8. The van der Waals surface area contributed by atoms with E-state index in [1.807, 2.05) is 0 Å². The van der Waals surface area contributed by atoms with Crippen LogP contribution in [0.2, 0.25) is 0 Å². The van der Waals surface area contributed by atoms with Gasteiger partial charge < -0.3 is 14.7 Å². The molecule has 1 aliphatic rings. The Labute approximate surface area is 209 Å². The molecule has 1 heterocycles. The number of piperidine rings is 1. The highest BCUT2D eigenvalue weighted by molar-refractivity contribution is 7.99. The SMILES string of the molecule is C=S(C)(=O)c1ccc(Oc2cc(C#N)cc(CC(=O)N3CCC(O)(CC(CC)CC)CC3)c2)cc1. The lowest BCUT2D eigenvalue weighted by atomic mass is 9.81. The third kappa shape index (κ3) is 7.33. The molecule has 0 bridgehead atoms. The van der Waals surface area contributed by atoms with Crippen molar-refractivity contribution in [1.29, 1.82) is 5.26 Å². The highest BCUT2D eigenvalue weighted by Gasteiger charge is 2.35. The average molecular weight is 497 g/mol. The minimum absolute atomic E-state index is 0.0203. The molecule has 0 aromatic heterocycles. The minimum atomic E-state index is -2.31. The number of nitriles is 1. The van der Waals surface area contributed by atoms with Gasteiger partial charge in [0.05, 0.1) is 23.7 Å². The smallest absolute Gasteiger partial charge is 0.226 e. The molecule has 2 aromatic rings. The number of rotatable bonds is 9. The highest BCUT2D eigenvalue weighted by atomic mass is 32.2. The number of ether oxygens (including phenoxy) is 1. The Bertz CT molecular complexity index is 1170. The molecule has 0 aliphatic carbocycles. The molecule has 0 saturated carbocycles.